The number of carbonyl (C=O) groups excluding carboxylic acids is 4. The molecule has 53 heavy (non-hydrogen) atoms. The van der Waals surface area contributed by atoms with Gasteiger partial charge in [-0.3, -0.25) is 19.2 Å². The van der Waals surface area contributed by atoms with Gasteiger partial charge in [-0.05, 0) is 59.7 Å². The number of aromatic nitrogens is 1. The highest BCUT2D eigenvalue weighted by Gasteiger charge is 2.48. The second-order valence-corrected chi connectivity index (χ2v) is 13.7. The smallest absolute Gasteiger partial charge is 0.417 e. The number of aryl methyl sites for hydroxylation is 1. The molecule has 2 saturated heterocycles. The Hall–Kier alpha value is -5.04. The van der Waals surface area contributed by atoms with Gasteiger partial charge in [-0.1, -0.05) is 55.3 Å². The van der Waals surface area contributed by atoms with E-state index >= 15 is 0 Å². The highest BCUT2D eigenvalue weighted by atomic mass is 35.5. The van der Waals surface area contributed by atoms with Gasteiger partial charge in [0.1, 0.15) is 5.75 Å². The summed E-state index contributed by atoms with van der Waals surface area (Å²) in [5.41, 5.74) is 1.98. The Morgan fingerprint density at radius 3 is 2.36 bits per heavy atom. The monoisotopic (exact) mass is 753 g/mol. The number of aromatic amines is 1. The lowest BCUT2D eigenvalue weighted by molar-refractivity contribution is -0.139. The molecule has 3 heterocycles. The van der Waals surface area contributed by atoms with Crippen molar-refractivity contribution in [3.63, 3.8) is 0 Å². The van der Waals surface area contributed by atoms with E-state index < -0.39 is 40.4 Å². The van der Waals surface area contributed by atoms with Crippen molar-refractivity contribution in [1.82, 2.24) is 25.4 Å². The molecule has 3 aromatic carbocycles. The number of halogens is 4. The quantitative estimate of drug-likeness (QED) is 0.201. The van der Waals surface area contributed by atoms with Crippen LogP contribution in [0.4, 0.5) is 13.2 Å². The van der Waals surface area contributed by atoms with Gasteiger partial charge >= 0.3 is 6.18 Å². The second kappa shape index (κ2) is 17.2. The van der Waals surface area contributed by atoms with Crippen LogP contribution in [0, 0.1) is 17.8 Å². The van der Waals surface area contributed by atoms with Crippen LogP contribution in [0.25, 0.3) is 10.9 Å². The van der Waals surface area contributed by atoms with E-state index in [1.54, 1.807) is 24.3 Å². The molecule has 3 atom stereocenters. The average Bonchev–Trinajstić information content (AvgIpc) is 3.77. The van der Waals surface area contributed by atoms with Gasteiger partial charge in [-0.25, -0.2) is 0 Å². The predicted molar refractivity (Wildman–Crippen MR) is 195 cm³/mol. The summed E-state index contributed by atoms with van der Waals surface area (Å²) < 4.78 is 44.8. The van der Waals surface area contributed by atoms with E-state index in [-0.39, 0.29) is 62.5 Å². The number of carbonyl (C=O) groups is 4. The molecule has 0 aliphatic carbocycles. The standard InChI is InChI=1S/C30H31ClF3N5O5.C9H12/c1-35-26(40)11-37-28(42)22-15-38(27(41)8-17-10-36-25-9-19(44-2)4-5-20(17)25)12-18-13-39(14-21(18)22)29(43)16-3-6-23(24(31)7-16)30(32,33)34;1-2-6-9-7-4-3-5-8-9/h3-7,9-10,18,21-22,36H,8,11-15H2,1-2H3,(H,35,40)(H,37,42);3-5,7-8H,2,6H2,1H3. The van der Waals surface area contributed by atoms with Crippen LogP contribution < -0.4 is 15.4 Å². The minimum atomic E-state index is -4.66. The summed E-state index contributed by atoms with van der Waals surface area (Å²) in [5, 5.41) is 5.34. The zero-order valence-corrected chi connectivity index (χ0v) is 30.5. The highest BCUT2D eigenvalue weighted by Crippen LogP contribution is 2.38. The maximum atomic E-state index is 13.6. The van der Waals surface area contributed by atoms with E-state index in [2.05, 4.69) is 52.9 Å². The third kappa shape index (κ3) is 9.50. The van der Waals surface area contributed by atoms with Crippen molar-refractivity contribution in [1.29, 1.82) is 0 Å². The fourth-order valence-electron chi connectivity index (χ4n) is 7.02. The number of amides is 4. The number of fused-ring (bicyclic) bond motifs is 2. The number of alkyl halides is 3. The van der Waals surface area contributed by atoms with Crippen molar-refractivity contribution in [2.24, 2.45) is 17.8 Å². The molecule has 282 valence electrons. The first-order valence-corrected chi connectivity index (χ1v) is 17.8. The van der Waals surface area contributed by atoms with Crippen LogP contribution in [0.1, 0.15) is 40.4 Å². The van der Waals surface area contributed by atoms with Gasteiger partial charge in [-0.15, -0.1) is 0 Å². The number of H-pyrrole nitrogens is 1. The van der Waals surface area contributed by atoms with Gasteiger partial charge in [0.25, 0.3) is 5.91 Å². The molecule has 3 unspecified atom stereocenters. The number of nitrogens with zero attached hydrogens (tertiary/aromatic N) is 2. The van der Waals surface area contributed by atoms with Crippen LogP contribution in [-0.2, 0) is 33.4 Å². The minimum Gasteiger partial charge on any atom is -0.497 e. The third-order valence-corrected chi connectivity index (χ3v) is 10.1. The van der Waals surface area contributed by atoms with Crippen LogP contribution in [0.2, 0.25) is 5.02 Å². The largest absolute Gasteiger partial charge is 0.497 e. The number of piperidine rings is 1. The molecule has 2 aliphatic heterocycles. The summed E-state index contributed by atoms with van der Waals surface area (Å²) in [4.78, 5) is 58.3. The summed E-state index contributed by atoms with van der Waals surface area (Å²) in [7, 11) is 3.01. The number of rotatable bonds is 9. The normalized spacial score (nSPS) is 18.1. The molecule has 0 radical (unpaired) electrons. The number of methoxy groups -OCH3 is 1. The van der Waals surface area contributed by atoms with Crippen molar-refractivity contribution in [2.75, 3.05) is 46.9 Å². The van der Waals surface area contributed by atoms with Crippen LogP contribution in [0.15, 0.2) is 72.9 Å². The maximum absolute atomic E-state index is 13.6. The number of hydrogen-bond donors (Lipinski definition) is 3. The lowest BCUT2D eigenvalue weighted by atomic mass is 9.79. The zero-order chi connectivity index (χ0) is 38.3. The van der Waals surface area contributed by atoms with E-state index in [1.165, 1.54) is 30.4 Å². The van der Waals surface area contributed by atoms with E-state index in [9.17, 15) is 32.3 Å². The predicted octanol–water partition coefficient (Wildman–Crippen LogP) is 5.74. The number of ether oxygens (including phenoxy) is 1. The van der Waals surface area contributed by atoms with E-state index in [1.807, 2.05) is 12.1 Å². The fourth-order valence-corrected chi connectivity index (χ4v) is 7.30. The Kier molecular flexibility index (Phi) is 12.7. The Morgan fingerprint density at radius 1 is 0.962 bits per heavy atom. The van der Waals surface area contributed by atoms with Crippen LogP contribution in [-0.4, -0.2) is 85.3 Å². The van der Waals surface area contributed by atoms with E-state index in [0.717, 1.165) is 34.7 Å². The van der Waals surface area contributed by atoms with E-state index in [0.29, 0.717) is 5.75 Å². The van der Waals surface area contributed by atoms with Crippen molar-refractivity contribution in [3.05, 3.63) is 100 Å². The molecule has 1 aromatic heterocycles. The average molecular weight is 754 g/mol. The number of benzene rings is 3. The first-order valence-electron chi connectivity index (χ1n) is 17.4. The van der Waals surface area contributed by atoms with Gasteiger partial charge in [0, 0.05) is 62.0 Å². The third-order valence-electron chi connectivity index (χ3n) is 9.78. The summed E-state index contributed by atoms with van der Waals surface area (Å²) >= 11 is 5.86. The summed E-state index contributed by atoms with van der Waals surface area (Å²) in [6, 6.07) is 18.9. The van der Waals surface area contributed by atoms with Gasteiger partial charge in [0.15, 0.2) is 0 Å². The Bertz CT molecular complexity index is 1940. The first-order chi connectivity index (χ1) is 25.3. The molecule has 2 fully saturated rings. The van der Waals surface area contributed by atoms with E-state index in [4.69, 9.17) is 16.3 Å². The highest BCUT2D eigenvalue weighted by molar-refractivity contribution is 6.31. The van der Waals surface area contributed by atoms with Gasteiger partial charge in [0.05, 0.1) is 36.6 Å². The van der Waals surface area contributed by atoms with Crippen molar-refractivity contribution in [2.45, 2.75) is 32.4 Å². The van der Waals surface area contributed by atoms with Gasteiger partial charge in [0.2, 0.25) is 17.7 Å². The SMILES string of the molecule is CCCc1ccccc1.CNC(=O)CNC(=O)C1CN(C(=O)Cc2c[nH]c3cc(OC)ccc23)CC2CN(C(=O)c3ccc(C(F)(F)F)c(Cl)c3)CC21. The molecule has 6 rings (SSSR count). The van der Waals surface area contributed by atoms with Crippen LogP contribution in [0.3, 0.4) is 0 Å². The van der Waals surface area contributed by atoms with Crippen molar-refractivity contribution >= 4 is 46.1 Å². The Labute approximate surface area is 311 Å². The number of likely N-dealkylation sites (N-methyl/N-ethyl adjacent to an activating group) is 1. The van der Waals surface area contributed by atoms with Gasteiger partial charge < -0.3 is 30.2 Å². The molecular weight excluding hydrogens is 711 g/mol. The van der Waals surface area contributed by atoms with Crippen molar-refractivity contribution < 1.29 is 37.1 Å². The fraction of sp³-hybridized carbons (Fsp3) is 0.385. The summed E-state index contributed by atoms with van der Waals surface area (Å²) in [6.45, 7) is 2.68. The van der Waals surface area contributed by atoms with Crippen LogP contribution >= 0.6 is 11.6 Å². The lowest BCUT2D eigenvalue weighted by Gasteiger charge is -2.39. The minimum absolute atomic E-state index is 0.00818. The summed E-state index contributed by atoms with van der Waals surface area (Å²) in [5.74, 6) is -2.20. The summed E-state index contributed by atoms with van der Waals surface area (Å²) in [6.07, 6.45) is -0.382. The molecule has 0 spiro atoms. The molecule has 2 aliphatic rings. The molecule has 0 bridgehead atoms. The number of hydrogen-bond acceptors (Lipinski definition) is 5. The second-order valence-electron chi connectivity index (χ2n) is 13.3. The Balaban J connectivity index is 0.000000526. The number of nitrogens with one attached hydrogen (secondary N) is 3. The molecule has 4 amide bonds. The molecule has 4 aromatic rings. The molecule has 14 heteroatoms. The molecule has 3 N–H and O–H groups in total. The molecule has 10 nitrogen and oxygen atoms in total. The Morgan fingerprint density at radius 2 is 1.70 bits per heavy atom. The zero-order valence-electron chi connectivity index (χ0n) is 29.8. The maximum Gasteiger partial charge on any atom is 0.417 e. The van der Waals surface area contributed by atoms with Gasteiger partial charge in [-0.2, -0.15) is 13.2 Å². The van der Waals surface area contributed by atoms with Crippen molar-refractivity contribution in [3.8, 4) is 5.75 Å². The molecule has 0 saturated carbocycles. The van der Waals surface area contributed by atoms with Crippen LogP contribution in [0.5, 0.6) is 5.75 Å². The first kappa shape index (κ1) is 39.2. The molecular formula is C39H43ClF3N5O5. The lowest BCUT2D eigenvalue weighted by Crippen LogP contribution is -2.54. The number of likely N-dealkylation sites (tertiary alicyclic amines) is 2. The topological polar surface area (TPSA) is 124 Å².